The normalized spacial score (nSPS) is 10.4. The predicted octanol–water partition coefficient (Wildman–Crippen LogP) is 2.04. The van der Waals surface area contributed by atoms with Crippen molar-refractivity contribution in [3.8, 4) is 0 Å². The van der Waals surface area contributed by atoms with E-state index in [-0.39, 0.29) is 5.91 Å². The number of rotatable bonds is 9. The van der Waals surface area contributed by atoms with Crippen molar-refractivity contribution in [1.82, 2.24) is 0 Å². The zero-order valence-corrected chi connectivity index (χ0v) is 11.4. The highest BCUT2D eigenvalue weighted by Gasteiger charge is 2.02. The highest BCUT2D eigenvalue weighted by molar-refractivity contribution is 5.90. The second-order valence-corrected chi connectivity index (χ2v) is 4.08. The Bertz CT molecular complexity index is 365. The summed E-state index contributed by atoms with van der Waals surface area (Å²) < 4.78 is 10.5. The standard InChI is InChI=1S/C14H22N2O3/c1-2-18-10-11-19-9-3-4-14(17)16-13-7-5-12(15)6-8-13/h5-8H,2-4,9-11,15H2,1H3,(H,16,17). The van der Waals surface area contributed by atoms with Gasteiger partial charge in [-0.05, 0) is 37.6 Å². The first kappa shape index (κ1) is 15.5. The Hall–Kier alpha value is -1.59. The molecular formula is C14H22N2O3. The van der Waals surface area contributed by atoms with Crippen molar-refractivity contribution in [3.63, 3.8) is 0 Å². The fourth-order valence-electron chi connectivity index (χ4n) is 1.49. The third kappa shape index (κ3) is 7.43. The minimum Gasteiger partial charge on any atom is -0.399 e. The number of benzene rings is 1. The predicted molar refractivity (Wildman–Crippen MR) is 76.0 cm³/mol. The van der Waals surface area contributed by atoms with Crippen molar-refractivity contribution in [2.45, 2.75) is 19.8 Å². The van der Waals surface area contributed by atoms with Gasteiger partial charge in [0.05, 0.1) is 13.2 Å². The summed E-state index contributed by atoms with van der Waals surface area (Å²) in [6.07, 6.45) is 1.14. The fourth-order valence-corrected chi connectivity index (χ4v) is 1.49. The average Bonchev–Trinajstić information content (AvgIpc) is 2.40. The van der Waals surface area contributed by atoms with E-state index in [9.17, 15) is 4.79 Å². The molecule has 0 fully saturated rings. The van der Waals surface area contributed by atoms with E-state index in [0.29, 0.717) is 45.0 Å². The molecule has 1 aromatic carbocycles. The topological polar surface area (TPSA) is 73.6 Å². The second kappa shape index (κ2) is 9.35. The van der Waals surface area contributed by atoms with Gasteiger partial charge in [0.1, 0.15) is 0 Å². The number of ether oxygens (including phenoxy) is 2. The average molecular weight is 266 g/mol. The van der Waals surface area contributed by atoms with Crippen LogP contribution in [0.4, 0.5) is 11.4 Å². The molecule has 0 aliphatic heterocycles. The summed E-state index contributed by atoms with van der Waals surface area (Å²) in [6.45, 7) is 4.40. The van der Waals surface area contributed by atoms with Gasteiger partial charge in [0.2, 0.25) is 5.91 Å². The lowest BCUT2D eigenvalue weighted by molar-refractivity contribution is -0.116. The molecule has 19 heavy (non-hydrogen) atoms. The summed E-state index contributed by atoms with van der Waals surface area (Å²) in [5, 5.41) is 2.81. The number of carbonyl (C=O) groups excluding carboxylic acids is 1. The summed E-state index contributed by atoms with van der Waals surface area (Å²) in [5.74, 6) is -0.0156. The lowest BCUT2D eigenvalue weighted by Gasteiger charge is -2.06. The van der Waals surface area contributed by atoms with Crippen molar-refractivity contribution in [2.24, 2.45) is 0 Å². The van der Waals surface area contributed by atoms with Crippen molar-refractivity contribution >= 4 is 17.3 Å². The quantitative estimate of drug-likeness (QED) is 0.530. The SMILES string of the molecule is CCOCCOCCCC(=O)Nc1ccc(N)cc1. The van der Waals surface area contributed by atoms with Crippen LogP contribution in [0.2, 0.25) is 0 Å². The highest BCUT2D eigenvalue weighted by atomic mass is 16.5. The number of nitrogens with one attached hydrogen (secondary N) is 1. The molecule has 1 aromatic rings. The molecule has 1 rings (SSSR count). The smallest absolute Gasteiger partial charge is 0.224 e. The van der Waals surface area contributed by atoms with Crippen LogP contribution in [0.15, 0.2) is 24.3 Å². The lowest BCUT2D eigenvalue weighted by Crippen LogP contribution is -2.13. The maximum Gasteiger partial charge on any atom is 0.224 e. The van der Waals surface area contributed by atoms with E-state index in [0.717, 1.165) is 5.69 Å². The van der Waals surface area contributed by atoms with Gasteiger partial charge in [-0.25, -0.2) is 0 Å². The zero-order valence-electron chi connectivity index (χ0n) is 11.4. The first-order chi connectivity index (χ1) is 9.22. The van der Waals surface area contributed by atoms with Gasteiger partial charge in [0.25, 0.3) is 0 Å². The van der Waals surface area contributed by atoms with Gasteiger partial charge >= 0.3 is 0 Å². The Morgan fingerprint density at radius 1 is 1.16 bits per heavy atom. The molecule has 106 valence electrons. The van der Waals surface area contributed by atoms with Gasteiger partial charge in [-0.3, -0.25) is 4.79 Å². The van der Waals surface area contributed by atoms with E-state index in [1.165, 1.54) is 0 Å². The third-order valence-corrected chi connectivity index (χ3v) is 2.46. The maximum absolute atomic E-state index is 11.6. The van der Waals surface area contributed by atoms with Crippen LogP contribution in [0, 0.1) is 0 Å². The molecule has 0 saturated carbocycles. The Morgan fingerprint density at radius 3 is 2.53 bits per heavy atom. The van der Waals surface area contributed by atoms with E-state index in [1.54, 1.807) is 24.3 Å². The van der Waals surface area contributed by atoms with E-state index >= 15 is 0 Å². The Kier molecular flexibility index (Phi) is 7.62. The van der Waals surface area contributed by atoms with Crippen LogP contribution in [0.3, 0.4) is 0 Å². The summed E-state index contributed by atoms with van der Waals surface area (Å²) >= 11 is 0. The van der Waals surface area contributed by atoms with Gasteiger partial charge in [0.15, 0.2) is 0 Å². The Morgan fingerprint density at radius 2 is 1.84 bits per heavy atom. The molecule has 0 spiro atoms. The van der Waals surface area contributed by atoms with Crippen LogP contribution in [-0.2, 0) is 14.3 Å². The van der Waals surface area contributed by atoms with Crippen LogP contribution in [0.1, 0.15) is 19.8 Å². The van der Waals surface area contributed by atoms with Crippen LogP contribution in [0.5, 0.6) is 0 Å². The minimum absolute atomic E-state index is 0.0156. The summed E-state index contributed by atoms with van der Waals surface area (Å²) in [6, 6.07) is 7.08. The van der Waals surface area contributed by atoms with Crippen LogP contribution in [-0.4, -0.2) is 32.3 Å². The number of carbonyl (C=O) groups is 1. The molecule has 5 heteroatoms. The molecule has 5 nitrogen and oxygen atoms in total. The van der Waals surface area contributed by atoms with Crippen molar-refractivity contribution in [2.75, 3.05) is 37.5 Å². The minimum atomic E-state index is -0.0156. The van der Waals surface area contributed by atoms with Crippen molar-refractivity contribution < 1.29 is 14.3 Å². The molecule has 0 aliphatic rings. The summed E-state index contributed by atoms with van der Waals surface area (Å²) in [5.41, 5.74) is 7.01. The van der Waals surface area contributed by atoms with Gasteiger partial charge in [0, 0.05) is 31.0 Å². The van der Waals surface area contributed by atoms with E-state index < -0.39 is 0 Å². The van der Waals surface area contributed by atoms with Gasteiger partial charge in [-0.1, -0.05) is 0 Å². The Balaban J connectivity index is 2.06. The first-order valence-corrected chi connectivity index (χ1v) is 6.53. The summed E-state index contributed by atoms with van der Waals surface area (Å²) in [7, 11) is 0. The Labute approximate surface area is 114 Å². The molecule has 0 radical (unpaired) electrons. The molecule has 0 atom stereocenters. The van der Waals surface area contributed by atoms with Crippen LogP contribution in [0.25, 0.3) is 0 Å². The molecule has 1 amide bonds. The maximum atomic E-state index is 11.6. The summed E-state index contributed by atoms with van der Waals surface area (Å²) in [4.78, 5) is 11.6. The monoisotopic (exact) mass is 266 g/mol. The first-order valence-electron chi connectivity index (χ1n) is 6.53. The number of nitrogen functional groups attached to an aromatic ring is 1. The molecule has 0 unspecified atom stereocenters. The molecule has 0 aromatic heterocycles. The third-order valence-electron chi connectivity index (χ3n) is 2.46. The number of anilines is 2. The van der Waals surface area contributed by atoms with E-state index in [1.807, 2.05) is 6.92 Å². The number of hydrogen-bond acceptors (Lipinski definition) is 4. The molecule has 0 bridgehead atoms. The van der Waals surface area contributed by atoms with Gasteiger partial charge in [-0.15, -0.1) is 0 Å². The molecule has 0 aliphatic carbocycles. The fraction of sp³-hybridized carbons (Fsp3) is 0.500. The van der Waals surface area contributed by atoms with Gasteiger partial charge in [-0.2, -0.15) is 0 Å². The van der Waals surface area contributed by atoms with E-state index in [2.05, 4.69) is 5.32 Å². The molecular weight excluding hydrogens is 244 g/mol. The van der Waals surface area contributed by atoms with Crippen LogP contribution >= 0.6 is 0 Å². The highest BCUT2D eigenvalue weighted by Crippen LogP contribution is 2.10. The van der Waals surface area contributed by atoms with Gasteiger partial charge < -0.3 is 20.5 Å². The lowest BCUT2D eigenvalue weighted by atomic mass is 10.2. The number of amides is 1. The van der Waals surface area contributed by atoms with E-state index in [4.69, 9.17) is 15.2 Å². The van der Waals surface area contributed by atoms with Crippen molar-refractivity contribution in [1.29, 1.82) is 0 Å². The largest absolute Gasteiger partial charge is 0.399 e. The molecule has 3 N–H and O–H groups in total. The van der Waals surface area contributed by atoms with Crippen molar-refractivity contribution in [3.05, 3.63) is 24.3 Å². The molecule has 0 saturated heterocycles. The zero-order chi connectivity index (χ0) is 13.9. The second-order valence-electron chi connectivity index (χ2n) is 4.08. The number of hydrogen-bond donors (Lipinski definition) is 2. The molecule has 0 heterocycles. The van der Waals surface area contributed by atoms with Crippen LogP contribution < -0.4 is 11.1 Å². The number of nitrogens with two attached hydrogens (primary N) is 1.